The van der Waals surface area contributed by atoms with Crippen LogP contribution in [0.3, 0.4) is 0 Å². The molecule has 56 valence electrons. The molecule has 0 amide bonds. The van der Waals surface area contributed by atoms with E-state index in [1.807, 2.05) is 6.08 Å². The predicted octanol–water partition coefficient (Wildman–Crippen LogP) is 3.31. The molecule has 0 N–H and O–H groups in total. The molecule has 1 fully saturated rings. The second kappa shape index (κ2) is 4.32. The highest BCUT2D eigenvalue weighted by Gasteiger charge is 2.12. The van der Waals surface area contributed by atoms with E-state index >= 15 is 0 Å². The van der Waals surface area contributed by atoms with E-state index < -0.39 is 0 Å². The van der Waals surface area contributed by atoms with Gasteiger partial charge in [-0.25, -0.2) is 0 Å². The van der Waals surface area contributed by atoms with Crippen molar-refractivity contribution < 1.29 is 0 Å². The molecule has 0 aromatic carbocycles. The van der Waals surface area contributed by atoms with Crippen LogP contribution in [0, 0.1) is 5.92 Å². The van der Waals surface area contributed by atoms with Crippen LogP contribution in [-0.2, 0) is 0 Å². The minimum atomic E-state index is 0.983. The maximum Gasteiger partial charge on any atom is -0.0319 e. The first-order valence-electron chi connectivity index (χ1n) is 4.21. The minimum absolute atomic E-state index is 0.983. The van der Waals surface area contributed by atoms with E-state index in [9.17, 15) is 0 Å². The van der Waals surface area contributed by atoms with Gasteiger partial charge in [0.05, 0.1) is 0 Å². The normalized spacial score (nSPS) is 20.4. The maximum atomic E-state index is 3.64. The smallest absolute Gasteiger partial charge is 0.0319 e. The third-order valence-corrected chi connectivity index (χ3v) is 2.22. The van der Waals surface area contributed by atoms with Gasteiger partial charge < -0.3 is 0 Å². The second-order valence-electron chi connectivity index (χ2n) is 3.05. The fourth-order valence-electron chi connectivity index (χ4n) is 1.61. The van der Waals surface area contributed by atoms with Crippen LogP contribution in [0.15, 0.2) is 24.8 Å². The number of rotatable bonds is 3. The quantitative estimate of drug-likeness (QED) is 0.522. The zero-order valence-corrected chi connectivity index (χ0v) is 6.55. The molecule has 0 atom stereocenters. The molecule has 0 unspecified atom stereocenters. The minimum Gasteiger partial charge on any atom is -0.0991 e. The Balaban J connectivity index is 2.12. The van der Waals surface area contributed by atoms with E-state index in [1.54, 1.807) is 0 Å². The van der Waals surface area contributed by atoms with Crippen LogP contribution in [0.4, 0.5) is 0 Å². The van der Waals surface area contributed by atoms with Gasteiger partial charge >= 0.3 is 0 Å². The Morgan fingerprint density at radius 1 is 1.30 bits per heavy atom. The first-order chi connectivity index (χ1) is 4.93. The van der Waals surface area contributed by atoms with E-state index in [0.717, 1.165) is 5.92 Å². The van der Waals surface area contributed by atoms with Crippen molar-refractivity contribution in [2.45, 2.75) is 32.1 Å². The third-order valence-electron chi connectivity index (χ3n) is 2.22. The Morgan fingerprint density at radius 2 is 2.00 bits per heavy atom. The topological polar surface area (TPSA) is 0 Å². The molecule has 0 radical (unpaired) electrons. The van der Waals surface area contributed by atoms with Crippen LogP contribution in [-0.4, -0.2) is 0 Å². The van der Waals surface area contributed by atoms with Gasteiger partial charge in [0, 0.05) is 0 Å². The van der Waals surface area contributed by atoms with Crippen LogP contribution in [0.5, 0.6) is 0 Å². The average molecular weight is 136 g/mol. The molecule has 0 heterocycles. The highest BCUT2D eigenvalue weighted by molar-refractivity contribution is 4.97. The lowest BCUT2D eigenvalue weighted by Crippen LogP contribution is -1.88. The number of hydrogen-bond donors (Lipinski definition) is 0. The summed E-state index contributed by atoms with van der Waals surface area (Å²) in [6, 6.07) is 0. The van der Waals surface area contributed by atoms with Crippen molar-refractivity contribution in [2.75, 3.05) is 0 Å². The molecular formula is C10H16. The standard InChI is InChI=1S/C10H16/c1-2-3-4-7-10-8-5-6-9-10/h2-4,10H,1,5-9H2/b4-3+. The van der Waals surface area contributed by atoms with Gasteiger partial charge in [-0.3, -0.25) is 0 Å². The molecule has 0 aromatic rings. The molecule has 0 bridgehead atoms. The lowest BCUT2D eigenvalue weighted by Gasteiger charge is -2.01. The third kappa shape index (κ3) is 2.38. The lowest BCUT2D eigenvalue weighted by molar-refractivity contribution is 0.558. The van der Waals surface area contributed by atoms with Crippen molar-refractivity contribution in [3.63, 3.8) is 0 Å². The van der Waals surface area contributed by atoms with Crippen molar-refractivity contribution in [3.8, 4) is 0 Å². The lowest BCUT2D eigenvalue weighted by atomic mass is 10.0. The van der Waals surface area contributed by atoms with E-state index in [0.29, 0.717) is 0 Å². The summed E-state index contributed by atoms with van der Waals surface area (Å²) >= 11 is 0. The summed E-state index contributed by atoms with van der Waals surface area (Å²) in [6.07, 6.45) is 13.2. The largest absolute Gasteiger partial charge is 0.0991 e. The Morgan fingerprint density at radius 3 is 2.60 bits per heavy atom. The summed E-state index contributed by atoms with van der Waals surface area (Å²) in [5.41, 5.74) is 0. The molecule has 0 aromatic heterocycles. The Hall–Kier alpha value is -0.520. The van der Waals surface area contributed by atoms with Gasteiger partial charge in [-0.15, -0.1) is 0 Å². The summed E-state index contributed by atoms with van der Waals surface area (Å²) in [5.74, 6) is 0.983. The van der Waals surface area contributed by atoms with Crippen molar-refractivity contribution in [1.29, 1.82) is 0 Å². The molecule has 0 aliphatic heterocycles. The van der Waals surface area contributed by atoms with Gasteiger partial charge in [0.15, 0.2) is 0 Å². The van der Waals surface area contributed by atoms with Gasteiger partial charge in [-0.2, -0.15) is 0 Å². The summed E-state index contributed by atoms with van der Waals surface area (Å²) < 4.78 is 0. The van der Waals surface area contributed by atoms with Crippen LogP contribution in [0.25, 0.3) is 0 Å². The number of allylic oxidation sites excluding steroid dienone is 3. The highest BCUT2D eigenvalue weighted by atomic mass is 14.2. The molecular weight excluding hydrogens is 120 g/mol. The molecule has 1 saturated carbocycles. The van der Waals surface area contributed by atoms with Crippen molar-refractivity contribution in [3.05, 3.63) is 24.8 Å². The molecule has 0 saturated heterocycles. The predicted molar refractivity (Wildman–Crippen MR) is 45.9 cm³/mol. The fraction of sp³-hybridized carbons (Fsp3) is 0.600. The molecule has 0 heteroatoms. The maximum absolute atomic E-state index is 3.64. The zero-order chi connectivity index (χ0) is 7.23. The summed E-state index contributed by atoms with van der Waals surface area (Å²) in [5, 5.41) is 0. The van der Waals surface area contributed by atoms with Crippen LogP contribution < -0.4 is 0 Å². The van der Waals surface area contributed by atoms with Crippen LogP contribution in [0.1, 0.15) is 32.1 Å². The van der Waals surface area contributed by atoms with E-state index in [-0.39, 0.29) is 0 Å². The van der Waals surface area contributed by atoms with Gasteiger partial charge in [-0.05, 0) is 12.3 Å². The van der Waals surface area contributed by atoms with Crippen LogP contribution >= 0.6 is 0 Å². The van der Waals surface area contributed by atoms with Gasteiger partial charge in [0.25, 0.3) is 0 Å². The summed E-state index contributed by atoms with van der Waals surface area (Å²) in [6.45, 7) is 3.64. The SMILES string of the molecule is C=C/C=C/CC1CCCC1. The second-order valence-corrected chi connectivity index (χ2v) is 3.05. The molecule has 0 nitrogen and oxygen atoms in total. The Kier molecular flexibility index (Phi) is 3.28. The van der Waals surface area contributed by atoms with E-state index in [4.69, 9.17) is 0 Å². The highest BCUT2D eigenvalue weighted by Crippen LogP contribution is 2.27. The molecule has 10 heavy (non-hydrogen) atoms. The van der Waals surface area contributed by atoms with Crippen molar-refractivity contribution in [2.24, 2.45) is 5.92 Å². The van der Waals surface area contributed by atoms with Gasteiger partial charge in [0.2, 0.25) is 0 Å². The van der Waals surface area contributed by atoms with Gasteiger partial charge in [-0.1, -0.05) is 50.5 Å². The molecule has 0 spiro atoms. The Labute approximate surface area is 63.6 Å². The molecule has 1 aliphatic rings. The summed E-state index contributed by atoms with van der Waals surface area (Å²) in [7, 11) is 0. The van der Waals surface area contributed by atoms with Crippen LogP contribution in [0.2, 0.25) is 0 Å². The van der Waals surface area contributed by atoms with Gasteiger partial charge in [0.1, 0.15) is 0 Å². The number of hydrogen-bond acceptors (Lipinski definition) is 0. The zero-order valence-electron chi connectivity index (χ0n) is 6.55. The fourth-order valence-corrected chi connectivity index (χ4v) is 1.61. The monoisotopic (exact) mass is 136 g/mol. The summed E-state index contributed by atoms with van der Waals surface area (Å²) in [4.78, 5) is 0. The van der Waals surface area contributed by atoms with E-state index in [2.05, 4.69) is 18.7 Å². The first-order valence-corrected chi connectivity index (χ1v) is 4.21. The average Bonchev–Trinajstić information content (AvgIpc) is 2.41. The molecule has 1 aliphatic carbocycles. The molecule has 1 rings (SSSR count). The van der Waals surface area contributed by atoms with Crippen molar-refractivity contribution >= 4 is 0 Å². The van der Waals surface area contributed by atoms with Crippen molar-refractivity contribution in [1.82, 2.24) is 0 Å². The Bertz CT molecular complexity index is 116. The first kappa shape index (κ1) is 7.59. The van der Waals surface area contributed by atoms with E-state index in [1.165, 1.54) is 32.1 Å².